The molecule has 4 aromatic rings. The number of ether oxygens (including phenoxy) is 1. The Morgan fingerprint density at radius 3 is 2.30 bits per heavy atom. The smallest absolute Gasteiger partial charge is 0.410 e. The fraction of sp³-hybridized carbons (Fsp3) is 0.207. The lowest BCUT2D eigenvalue weighted by atomic mass is 10.1. The summed E-state index contributed by atoms with van der Waals surface area (Å²) in [6, 6.07) is 22.7. The highest BCUT2D eigenvalue weighted by atomic mass is 32.2. The molecule has 0 radical (unpaired) electrons. The number of hydrogen-bond acceptors (Lipinski definition) is 6. The van der Waals surface area contributed by atoms with Gasteiger partial charge in [-0.2, -0.15) is 0 Å². The van der Waals surface area contributed by atoms with Gasteiger partial charge in [-0.05, 0) is 61.7 Å². The predicted octanol–water partition coefficient (Wildman–Crippen LogP) is 6.19. The second kappa shape index (κ2) is 12.4. The van der Waals surface area contributed by atoms with Gasteiger partial charge in [-0.25, -0.2) is 18.3 Å². The summed E-state index contributed by atoms with van der Waals surface area (Å²) >= 11 is -1.01. The summed E-state index contributed by atoms with van der Waals surface area (Å²) in [6.07, 6.45) is 2.26. The number of aryl methyl sites for hydroxylation is 1. The van der Waals surface area contributed by atoms with E-state index in [1.807, 2.05) is 49.4 Å². The van der Waals surface area contributed by atoms with Gasteiger partial charge >= 0.3 is 6.09 Å². The first-order valence-corrected chi connectivity index (χ1v) is 14.7. The number of hydrogen-bond donors (Lipinski definition) is 1. The average Bonchev–Trinajstić information content (AvgIpc) is 3.67. The number of nitrogens with zero attached hydrogens (tertiary/aromatic N) is 4. The number of aromatic nitrogens is 1. The van der Waals surface area contributed by atoms with Gasteiger partial charge in [0.25, 0.3) is 17.2 Å². The minimum Gasteiger partial charge on any atom is -0.445 e. The molecule has 2 unspecified atom stereocenters. The SMILES string of the molecule is Cc1ccc(N(c2ccc(N(C(=O)C3CCCN3C(=O)OCc3ccccc3)c3nccs3)cc2)S(=O)O)cc1. The highest BCUT2D eigenvalue weighted by molar-refractivity contribution is 7.81. The predicted molar refractivity (Wildman–Crippen MR) is 156 cm³/mol. The van der Waals surface area contributed by atoms with Crippen LogP contribution in [0.15, 0.2) is 90.4 Å². The summed E-state index contributed by atoms with van der Waals surface area (Å²) in [5.41, 5.74) is 3.46. The van der Waals surface area contributed by atoms with E-state index in [0.717, 1.165) is 11.1 Å². The Morgan fingerprint density at radius 2 is 1.68 bits per heavy atom. The lowest BCUT2D eigenvalue weighted by molar-refractivity contribution is -0.121. The van der Waals surface area contributed by atoms with Crippen molar-refractivity contribution in [1.82, 2.24) is 9.88 Å². The average molecular weight is 577 g/mol. The maximum Gasteiger partial charge on any atom is 0.410 e. The second-order valence-electron chi connectivity index (χ2n) is 9.26. The zero-order valence-electron chi connectivity index (χ0n) is 21.8. The lowest BCUT2D eigenvalue weighted by Crippen LogP contribution is -2.46. The van der Waals surface area contributed by atoms with Crippen LogP contribution in [0.2, 0.25) is 0 Å². The van der Waals surface area contributed by atoms with E-state index in [9.17, 15) is 18.4 Å². The fourth-order valence-corrected chi connectivity index (χ4v) is 5.87. The van der Waals surface area contributed by atoms with E-state index in [4.69, 9.17) is 4.74 Å². The van der Waals surface area contributed by atoms with Crippen LogP contribution in [0.4, 0.5) is 27.0 Å². The molecule has 2 atom stereocenters. The molecule has 3 aromatic carbocycles. The molecule has 1 aliphatic rings. The van der Waals surface area contributed by atoms with E-state index in [1.165, 1.54) is 25.4 Å². The van der Waals surface area contributed by atoms with Gasteiger partial charge in [-0.15, -0.1) is 11.3 Å². The molecule has 0 saturated carbocycles. The third-order valence-corrected chi connectivity index (χ3v) is 8.07. The molecule has 0 bridgehead atoms. The number of likely N-dealkylation sites (tertiary alicyclic amines) is 1. The number of rotatable bonds is 8. The van der Waals surface area contributed by atoms with Crippen LogP contribution in [0.5, 0.6) is 0 Å². The molecule has 1 N–H and O–H groups in total. The zero-order valence-corrected chi connectivity index (χ0v) is 23.4. The summed E-state index contributed by atoms with van der Waals surface area (Å²) < 4.78 is 29.1. The van der Waals surface area contributed by atoms with Crippen molar-refractivity contribution >= 4 is 56.8 Å². The molecule has 1 fully saturated rings. The summed E-state index contributed by atoms with van der Waals surface area (Å²) in [5, 5.41) is 2.24. The fourth-order valence-electron chi connectivity index (χ4n) is 4.60. The first-order chi connectivity index (χ1) is 19.4. The highest BCUT2D eigenvalue weighted by Crippen LogP contribution is 2.34. The van der Waals surface area contributed by atoms with Gasteiger partial charge in [0, 0.05) is 18.1 Å². The van der Waals surface area contributed by atoms with E-state index in [2.05, 4.69) is 4.98 Å². The second-order valence-corrected chi connectivity index (χ2v) is 11.0. The maximum atomic E-state index is 14.0. The van der Waals surface area contributed by atoms with Crippen molar-refractivity contribution in [2.45, 2.75) is 32.4 Å². The molecular weight excluding hydrogens is 548 g/mol. The quantitative estimate of drug-likeness (QED) is 0.251. The Morgan fingerprint density at radius 1 is 1.02 bits per heavy atom. The van der Waals surface area contributed by atoms with Crippen LogP contribution in [0.3, 0.4) is 0 Å². The number of carbonyl (C=O) groups is 2. The molecule has 1 aliphatic heterocycles. The van der Waals surface area contributed by atoms with Gasteiger partial charge in [0.2, 0.25) is 0 Å². The molecule has 5 rings (SSSR count). The minimum atomic E-state index is -2.31. The minimum absolute atomic E-state index is 0.123. The summed E-state index contributed by atoms with van der Waals surface area (Å²) in [7, 11) is 0. The Hall–Kier alpha value is -4.06. The van der Waals surface area contributed by atoms with E-state index >= 15 is 0 Å². The third kappa shape index (κ3) is 6.06. The van der Waals surface area contributed by atoms with Gasteiger partial charge in [0.05, 0.1) is 17.1 Å². The molecule has 2 heterocycles. The number of amides is 2. The van der Waals surface area contributed by atoms with Crippen molar-refractivity contribution in [1.29, 1.82) is 0 Å². The third-order valence-electron chi connectivity index (χ3n) is 6.58. The van der Waals surface area contributed by atoms with Crippen molar-refractivity contribution in [2.75, 3.05) is 15.7 Å². The number of benzene rings is 3. The maximum absolute atomic E-state index is 14.0. The van der Waals surface area contributed by atoms with Gasteiger partial charge in [0.1, 0.15) is 12.6 Å². The molecule has 0 aliphatic carbocycles. The molecule has 2 amide bonds. The molecule has 1 aromatic heterocycles. The largest absolute Gasteiger partial charge is 0.445 e. The zero-order chi connectivity index (χ0) is 28.1. The van der Waals surface area contributed by atoms with Gasteiger partial charge in [-0.1, -0.05) is 48.0 Å². The van der Waals surface area contributed by atoms with Crippen molar-refractivity contribution < 1.29 is 23.1 Å². The standard InChI is InChI=1S/C29H28N4O5S2/c1-21-9-11-24(12-10-21)33(40(36)37)25-15-13-23(14-16-25)32(28-30-17-19-39-28)27(34)26-8-5-18-31(26)29(35)38-20-22-6-3-2-4-7-22/h2-4,6-7,9-17,19,26H,5,8,18,20H2,1H3,(H,36,37). The topological polar surface area (TPSA) is 103 Å². The molecule has 9 nitrogen and oxygen atoms in total. The lowest BCUT2D eigenvalue weighted by Gasteiger charge is -2.29. The molecule has 0 spiro atoms. The molecule has 206 valence electrons. The van der Waals surface area contributed by atoms with Crippen LogP contribution in [-0.2, 0) is 27.4 Å². The van der Waals surface area contributed by atoms with Gasteiger partial charge in [-0.3, -0.25) is 19.1 Å². The first-order valence-electron chi connectivity index (χ1n) is 12.7. The number of thiazole rings is 1. The Labute approximate surface area is 239 Å². The Kier molecular flexibility index (Phi) is 8.54. The Bertz CT molecular complexity index is 1460. The van der Waals surface area contributed by atoms with Gasteiger partial charge in [0.15, 0.2) is 5.13 Å². The van der Waals surface area contributed by atoms with Crippen LogP contribution in [0, 0.1) is 6.92 Å². The normalized spacial score (nSPS) is 15.4. The van der Waals surface area contributed by atoms with E-state index in [0.29, 0.717) is 41.6 Å². The van der Waals surface area contributed by atoms with Crippen molar-refractivity contribution in [2.24, 2.45) is 0 Å². The van der Waals surface area contributed by atoms with Crippen LogP contribution < -0.4 is 9.21 Å². The molecule has 11 heteroatoms. The summed E-state index contributed by atoms with van der Waals surface area (Å²) in [5.74, 6) is -0.294. The van der Waals surface area contributed by atoms with Crippen LogP contribution in [-0.4, -0.2) is 43.2 Å². The van der Waals surface area contributed by atoms with E-state index in [-0.39, 0.29) is 12.5 Å². The van der Waals surface area contributed by atoms with Crippen LogP contribution in [0.1, 0.15) is 24.0 Å². The van der Waals surface area contributed by atoms with E-state index < -0.39 is 23.4 Å². The Balaban J connectivity index is 1.38. The van der Waals surface area contributed by atoms with Crippen LogP contribution in [0.25, 0.3) is 0 Å². The van der Waals surface area contributed by atoms with E-state index in [1.54, 1.807) is 48.0 Å². The van der Waals surface area contributed by atoms with Crippen molar-refractivity contribution in [3.63, 3.8) is 0 Å². The molecule has 1 saturated heterocycles. The van der Waals surface area contributed by atoms with Crippen molar-refractivity contribution in [3.05, 3.63) is 102 Å². The molecule has 40 heavy (non-hydrogen) atoms. The van der Waals surface area contributed by atoms with Crippen LogP contribution >= 0.6 is 11.3 Å². The van der Waals surface area contributed by atoms with Gasteiger partial charge < -0.3 is 4.74 Å². The number of carbonyl (C=O) groups excluding carboxylic acids is 2. The number of anilines is 4. The molecular formula is C29H28N4O5S2. The summed E-state index contributed by atoms with van der Waals surface area (Å²) in [6.45, 7) is 2.48. The first kappa shape index (κ1) is 27.5. The summed E-state index contributed by atoms with van der Waals surface area (Å²) in [4.78, 5) is 34.3. The van der Waals surface area contributed by atoms with Crippen molar-refractivity contribution in [3.8, 4) is 0 Å². The monoisotopic (exact) mass is 576 g/mol. The highest BCUT2D eigenvalue weighted by Gasteiger charge is 2.39.